The van der Waals surface area contributed by atoms with Crippen LogP contribution in [0.2, 0.25) is 0 Å². The molecule has 1 fully saturated rings. The monoisotopic (exact) mass is 353 g/mol. The van der Waals surface area contributed by atoms with Crippen LogP contribution in [0.15, 0.2) is 18.3 Å². The van der Waals surface area contributed by atoms with Crippen molar-refractivity contribution in [2.45, 2.75) is 44.3 Å². The molecule has 0 aromatic carbocycles. The highest BCUT2D eigenvalue weighted by molar-refractivity contribution is 5.85. The first-order chi connectivity index (χ1) is 11.9. The van der Waals surface area contributed by atoms with Crippen molar-refractivity contribution in [1.29, 1.82) is 0 Å². The summed E-state index contributed by atoms with van der Waals surface area (Å²) in [6.45, 7) is -0.347. The van der Waals surface area contributed by atoms with Crippen LogP contribution in [0.1, 0.15) is 41.9 Å². The third-order valence-corrected chi connectivity index (χ3v) is 4.01. The fourth-order valence-corrected chi connectivity index (χ4v) is 2.68. The number of aromatic carboxylic acids is 1. The molecule has 3 N–H and O–H groups in total. The number of hydrogen-bond acceptors (Lipinski definition) is 6. The lowest BCUT2D eigenvalue weighted by molar-refractivity contribution is -0.0361. The van der Waals surface area contributed by atoms with Gasteiger partial charge in [0.15, 0.2) is 5.69 Å². The molecule has 0 bridgehead atoms. The van der Waals surface area contributed by atoms with E-state index in [4.69, 9.17) is 5.11 Å². The van der Waals surface area contributed by atoms with Gasteiger partial charge < -0.3 is 15.5 Å². The molecule has 0 aliphatic heterocycles. The maximum absolute atomic E-state index is 13.2. The maximum atomic E-state index is 13.2. The van der Waals surface area contributed by atoms with Crippen molar-refractivity contribution >= 4 is 11.8 Å². The minimum absolute atomic E-state index is 0.0858. The molecule has 25 heavy (non-hydrogen) atoms. The van der Waals surface area contributed by atoms with Gasteiger partial charge in [-0.1, -0.05) is 0 Å². The van der Waals surface area contributed by atoms with Crippen LogP contribution in [0.3, 0.4) is 0 Å². The highest BCUT2D eigenvalue weighted by Crippen LogP contribution is 2.34. The molecule has 10 heteroatoms. The minimum atomic E-state index is -2.62. The molecule has 8 nitrogen and oxygen atoms in total. The van der Waals surface area contributed by atoms with E-state index in [0.717, 1.165) is 0 Å². The van der Waals surface area contributed by atoms with Gasteiger partial charge in [-0.15, -0.1) is 0 Å². The minimum Gasteiger partial charge on any atom is -0.476 e. The number of carboxylic acid groups (broad SMARTS) is 1. The lowest BCUT2D eigenvalue weighted by Crippen LogP contribution is -2.32. The number of anilines is 1. The summed E-state index contributed by atoms with van der Waals surface area (Å²) >= 11 is 0. The maximum Gasteiger partial charge on any atom is 0.356 e. The fourth-order valence-electron chi connectivity index (χ4n) is 2.68. The second-order valence-corrected chi connectivity index (χ2v) is 5.93. The molecular weight excluding hydrogens is 336 g/mol. The second kappa shape index (κ2) is 6.71. The van der Waals surface area contributed by atoms with E-state index in [-0.39, 0.29) is 37.1 Å². The van der Waals surface area contributed by atoms with Crippen molar-refractivity contribution < 1.29 is 23.8 Å². The molecule has 134 valence electrons. The Morgan fingerprint density at radius 3 is 2.68 bits per heavy atom. The zero-order valence-electron chi connectivity index (χ0n) is 13.2. The van der Waals surface area contributed by atoms with Crippen LogP contribution < -0.4 is 5.32 Å². The van der Waals surface area contributed by atoms with Crippen molar-refractivity contribution in [3.8, 4) is 5.95 Å². The van der Waals surface area contributed by atoms with E-state index >= 15 is 0 Å². The van der Waals surface area contributed by atoms with E-state index in [1.807, 2.05) is 0 Å². The quantitative estimate of drug-likeness (QED) is 0.752. The van der Waals surface area contributed by atoms with Gasteiger partial charge in [0.05, 0.1) is 12.3 Å². The zero-order chi connectivity index (χ0) is 18.0. The summed E-state index contributed by atoms with van der Waals surface area (Å²) in [5.41, 5.74) is 0.142. The number of rotatable bonds is 5. The molecule has 0 saturated heterocycles. The normalized spacial score (nSPS) is 17.4. The number of carboxylic acids is 1. The number of aliphatic hydroxyl groups is 1. The van der Waals surface area contributed by atoms with Gasteiger partial charge in [-0.3, -0.25) is 0 Å². The molecule has 2 aromatic rings. The number of carbonyl (C=O) groups is 1. The number of aromatic nitrogens is 4. The Morgan fingerprint density at radius 2 is 2.08 bits per heavy atom. The van der Waals surface area contributed by atoms with Crippen LogP contribution in [-0.4, -0.2) is 47.9 Å². The first-order valence-corrected chi connectivity index (χ1v) is 7.79. The molecule has 2 heterocycles. The van der Waals surface area contributed by atoms with Crippen molar-refractivity contribution in [3.63, 3.8) is 0 Å². The predicted octanol–water partition coefficient (Wildman–Crippen LogP) is 1.84. The van der Waals surface area contributed by atoms with Gasteiger partial charge in [0.25, 0.3) is 5.95 Å². The SMILES string of the molecule is O=C(O)c1ccn(-c2nc(CO)cc(NC3CCC(F)(F)CC3)n2)n1. The molecule has 1 saturated carbocycles. The number of alkyl halides is 2. The second-order valence-electron chi connectivity index (χ2n) is 5.93. The largest absolute Gasteiger partial charge is 0.476 e. The Labute approximate surface area is 141 Å². The Kier molecular flexibility index (Phi) is 4.62. The first-order valence-electron chi connectivity index (χ1n) is 7.79. The van der Waals surface area contributed by atoms with Gasteiger partial charge in [-0.05, 0) is 18.9 Å². The van der Waals surface area contributed by atoms with E-state index in [2.05, 4.69) is 20.4 Å². The molecule has 0 radical (unpaired) electrons. The van der Waals surface area contributed by atoms with Gasteiger partial charge in [-0.2, -0.15) is 10.1 Å². The van der Waals surface area contributed by atoms with Gasteiger partial charge >= 0.3 is 5.97 Å². The Hall–Kier alpha value is -2.62. The molecule has 1 aliphatic carbocycles. The molecule has 0 spiro atoms. The lowest BCUT2D eigenvalue weighted by atomic mass is 9.92. The number of hydrogen-bond donors (Lipinski definition) is 3. The predicted molar refractivity (Wildman–Crippen MR) is 82.9 cm³/mol. The smallest absolute Gasteiger partial charge is 0.356 e. The summed E-state index contributed by atoms with van der Waals surface area (Å²) in [5.74, 6) is -3.34. The van der Waals surface area contributed by atoms with Crippen LogP contribution in [0, 0.1) is 0 Å². The Morgan fingerprint density at radius 1 is 1.36 bits per heavy atom. The van der Waals surface area contributed by atoms with Crippen molar-refractivity contribution in [1.82, 2.24) is 19.7 Å². The van der Waals surface area contributed by atoms with Crippen molar-refractivity contribution in [2.75, 3.05) is 5.32 Å². The lowest BCUT2D eigenvalue weighted by Gasteiger charge is -2.29. The molecule has 0 atom stereocenters. The van der Waals surface area contributed by atoms with E-state index < -0.39 is 11.9 Å². The highest BCUT2D eigenvalue weighted by atomic mass is 19.3. The molecular formula is C15H17F2N5O3. The van der Waals surface area contributed by atoms with Crippen LogP contribution in [0.4, 0.5) is 14.6 Å². The molecule has 1 aliphatic rings. The Balaban J connectivity index is 1.81. The van der Waals surface area contributed by atoms with E-state index in [1.54, 1.807) is 0 Å². The third kappa shape index (κ3) is 4.08. The summed E-state index contributed by atoms with van der Waals surface area (Å²) in [6, 6.07) is 2.67. The fraction of sp³-hybridized carbons (Fsp3) is 0.467. The van der Waals surface area contributed by atoms with Crippen LogP contribution >= 0.6 is 0 Å². The van der Waals surface area contributed by atoms with Crippen molar-refractivity contribution in [3.05, 3.63) is 29.7 Å². The van der Waals surface area contributed by atoms with Gasteiger partial charge in [0.1, 0.15) is 5.82 Å². The highest BCUT2D eigenvalue weighted by Gasteiger charge is 2.35. The van der Waals surface area contributed by atoms with Crippen LogP contribution in [0.5, 0.6) is 0 Å². The number of halogens is 2. The summed E-state index contributed by atoms with van der Waals surface area (Å²) in [6.07, 6.45) is 1.65. The van der Waals surface area contributed by atoms with Gasteiger partial charge in [-0.25, -0.2) is 23.2 Å². The third-order valence-electron chi connectivity index (χ3n) is 4.01. The first kappa shape index (κ1) is 17.2. The van der Waals surface area contributed by atoms with Gasteiger partial charge in [0, 0.05) is 31.1 Å². The molecule has 0 unspecified atom stereocenters. The summed E-state index contributed by atoms with van der Waals surface area (Å²) < 4.78 is 27.7. The zero-order valence-corrected chi connectivity index (χ0v) is 13.2. The number of nitrogens with zero attached hydrogens (tertiary/aromatic N) is 4. The van der Waals surface area contributed by atoms with E-state index in [1.165, 1.54) is 23.0 Å². The topological polar surface area (TPSA) is 113 Å². The average molecular weight is 353 g/mol. The summed E-state index contributed by atoms with van der Waals surface area (Å²) in [4.78, 5) is 19.3. The Bertz CT molecular complexity index is 770. The van der Waals surface area contributed by atoms with Gasteiger partial charge in [0.2, 0.25) is 5.92 Å². The average Bonchev–Trinajstić information content (AvgIpc) is 3.07. The molecule has 0 amide bonds. The number of aliphatic hydroxyl groups excluding tert-OH is 1. The summed E-state index contributed by atoms with van der Waals surface area (Å²) in [7, 11) is 0. The van der Waals surface area contributed by atoms with Crippen LogP contribution in [0.25, 0.3) is 5.95 Å². The van der Waals surface area contributed by atoms with Crippen molar-refractivity contribution in [2.24, 2.45) is 0 Å². The standard InChI is InChI=1S/C15H17F2N5O3/c16-15(17)4-1-9(2-5-15)18-12-7-10(8-23)19-14(20-12)22-6-3-11(21-22)13(24)25/h3,6-7,9,23H,1-2,4-5,8H2,(H,24,25)(H,18,19,20). The van der Waals surface area contributed by atoms with E-state index in [0.29, 0.717) is 24.4 Å². The number of nitrogens with one attached hydrogen (secondary N) is 1. The molecule has 3 rings (SSSR count). The van der Waals surface area contributed by atoms with E-state index in [9.17, 15) is 18.7 Å². The van der Waals surface area contributed by atoms with Crippen LogP contribution in [-0.2, 0) is 6.61 Å². The molecule has 2 aromatic heterocycles. The summed E-state index contributed by atoms with van der Waals surface area (Å²) in [5, 5.41) is 25.2.